The van der Waals surface area contributed by atoms with Gasteiger partial charge in [0, 0.05) is 23.2 Å². The van der Waals surface area contributed by atoms with Crippen molar-refractivity contribution in [3.8, 4) is 0 Å². The Morgan fingerprint density at radius 3 is 1.43 bits per heavy atom. The highest BCUT2D eigenvalue weighted by Crippen LogP contribution is 2.40. The number of nitrogens with zero attached hydrogens (tertiary/aromatic N) is 2. The normalized spacial score (nSPS) is 32.5. The second-order valence-corrected chi connectivity index (χ2v) is 8.94. The molecule has 0 aromatic heterocycles. The molecule has 2 aliphatic heterocycles. The molecule has 0 radical (unpaired) electrons. The van der Waals surface area contributed by atoms with Gasteiger partial charge in [-0.2, -0.15) is 0 Å². The fourth-order valence-corrected chi connectivity index (χ4v) is 5.28. The van der Waals surface area contributed by atoms with Crippen LogP contribution in [-0.4, -0.2) is 46.5 Å². The van der Waals surface area contributed by atoms with Crippen molar-refractivity contribution < 1.29 is 19.2 Å². The molecule has 28 heavy (non-hydrogen) atoms. The maximum atomic E-state index is 12.5. The van der Waals surface area contributed by atoms with E-state index in [2.05, 4.69) is 0 Å². The van der Waals surface area contributed by atoms with Gasteiger partial charge in [0.25, 0.3) is 0 Å². The second kappa shape index (κ2) is 7.64. The van der Waals surface area contributed by atoms with E-state index in [-0.39, 0.29) is 47.3 Å². The van der Waals surface area contributed by atoms with Gasteiger partial charge < -0.3 is 0 Å². The third-order valence-electron chi connectivity index (χ3n) is 6.33. The van der Waals surface area contributed by atoms with Crippen LogP contribution in [-0.2, 0) is 19.2 Å². The van der Waals surface area contributed by atoms with Crippen LogP contribution in [0.2, 0.25) is 0 Å². The Labute approximate surface area is 173 Å². The zero-order valence-corrected chi connectivity index (χ0v) is 16.9. The van der Waals surface area contributed by atoms with E-state index in [0.29, 0.717) is 61.7 Å². The van der Waals surface area contributed by atoms with Crippen molar-refractivity contribution in [2.75, 3.05) is 13.1 Å². The number of fused-ring (bicyclic) bond motifs is 2. The molecule has 2 saturated heterocycles. The van der Waals surface area contributed by atoms with Gasteiger partial charge in [-0.25, -0.2) is 0 Å². The summed E-state index contributed by atoms with van der Waals surface area (Å²) in [7, 11) is 0. The van der Waals surface area contributed by atoms with Crippen LogP contribution in [0, 0.1) is 23.7 Å². The molecule has 4 atom stereocenters. The van der Waals surface area contributed by atoms with Gasteiger partial charge in [-0.1, -0.05) is 35.4 Å². The van der Waals surface area contributed by atoms with Crippen LogP contribution in [0.4, 0.5) is 0 Å². The van der Waals surface area contributed by atoms with Crippen molar-refractivity contribution in [3.05, 3.63) is 22.2 Å². The van der Waals surface area contributed by atoms with E-state index < -0.39 is 0 Å². The molecule has 150 valence electrons. The van der Waals surface area contributed by atoms with Crippen LogP contribution < -0.4 is 0 Å². The minimum Gasteiger partial charge on any atom is -0.282 e. The number of likely N-dealkylation sites (tertiary alicyclic amines) is 2. The number of unbranched alkanes of at least 4 members (excludes halogenated alkanes) is 1. The Bertz CT molecular complexity index is 740. The molecule has 4 amide bonds. The predicted octanol–water partition coefficient (Wildman–Crippen LogP) is 2.80. The first kappa shape index (κ1) is 19.6. The number of carbonyl (C=O) groups is 4. The summed E-state index contributed by atoms with van der Waals surface area (Å²) in [6.07, 6.45) is 6.66. The minimum absolute atomic E-state index is 0.129. The van der Waals surface area contributed by atoms with E-state index >= 15 is 0 Å². The first-order valence-corrected chi connectivity index (χ1v) is 10.5. The summed E-state index contributed by atoms with van der Waals surface area (Å²) in [6.45, 7) is 0.636. The topological polar surface area (TPSA) is 74.8 Å². The van der Waals surface area contributed by atoms with E-state index in [9.17, 15) is 19.2 Å². The zero-order chi connectivity index (χ0) is 20.0. The lowest BCUT2D eigenvalue weighted by Gasteiger charge is -2.17. The summed E-state index contributed by atoms with van der Waals surface area (Å²) >= 11 is 12.1. The average molecular weight is 425 g/mol. The maximum absolute atomic E-state index is 12.5. The number of imide groups is 2. The smallest absolute Gasteiger partial charge is 0.233 e. The minimum atomic E-state index is -0.341. The van der Waals surface area contributed by atoms with Crippen LogP contribution in [0.5, 0.6) is 0 Å². The van der Waals surface area contributed by atoms with E-state index in [0.717, 1.165) is 0 Å². The Hall–Kier alpha value is -1.66. The predicted molar refractivity (Wildman–Crippen MR) is 103 cm³/mol. The number of carbonyl (C=O) groups excluding carboxylic acids is 4. The first-order chi connectivity index (χ1) is 13.4. The van der Waals surface area contributed by atoms with Crippen LogP contribution >= 0.6 is 23.2 Å². The Morgan fingerprint density at radius 1 is 0.679 bits per heavy atom. The van der Waals surface area contributed by atoms with Crippen LogP contribution in [0.25, 0.3) is 0 Å². The van der Waals surface area contributed by atoms with E-state index in [1.54, 1.807) is 0 Å². The Kier molecular flexibility index (Phi) is 5.36. The molecular formula is C20H22Cl2N2O4. The summed E-state index contributed by atoms with van der Waals surface area (Å²) in [5.74, 6) is -1.83. The van der Waals surface area contributed by atoms with Crippen molar-refractivity contribution >= 4 is 46.8 Å². The molecule has 2 fully saturated rings. The van der Waals surface area contributed by atoms with E-state index in [1.165, 1.54) is 9.80 Å². The highest BCUT2D eigenvalue weighted by atomic mass is 35.5. The molecular weight excluding hydrogens is 403 g/mol. The number of allylic oxidation sites excluding steroid dienone is 4. The van der Waals surface area contributed by atoms with Crippen LogP contribution in [0.15, 0.2) is 22.2 Å². The zero-order valence-electron chi connectivity index (χ0n) is 15.4. The Balaban J connectivity index is 1.29. The molecule has 0 unspecified atom stereocenters. The highest BCUT2D eigenvalue weighted by Gasteiger charge is 2.49. The van der Waals surface area contributed by atoms with Gasteiger partial charge in [-0.3, -0.25) is 29.0 Å². The van der Waals surface area contributed by atoms with Gasteiger partial charge >= 0.3 is 0 Å². The summed E-state index contributed by atoms with van der Waals surface area (Å²) < 4.78 is 0. The fraction of sp³-hybridized carbons (Fsp3) is 0.600. The Morgan fingerprint density at radius 2 is 1.04 bits per heavy atom. The third-order valence-corrected chi connectivity index (χ3v) is 6.95. The molecule has 4 rings (SSSR count). The number of hydrogen-bond donors (Lipinski definition) is 0. The quantitative estimate of drug-likeness (QED) is 0.502. The van der Waals surface area contributed by atoms with Crippen molar-refractivity contribution in [1.29, 1.82) is 0 Å². The van der Waals surface area contributed by atoms with E-state index in [4.69, 9.17) is 23.2 Å². The molecule has 0 bridgehead atoms. The van der Waals surface area contributed by atoms with E-state index in [1.807, 2.05) is 12.2 Å². The third kappa shape index (κ3) is 3.30. The number of halogens is 2. The number of amides is 4. The van der Waals surface area contributed by atoms with Gasteiger partial charge in [0.05, 0.1) is 23.7 Å². The molecule has 8 heteroatoms. The molecule has 4 aliphatic rings. The first-order valence-electron chi connectivity index (χ1n) is 9.78. The molecule has 0 saturated carbocycles. The largest absolute Gasteiger partial charge is 0.282 e. The SMILES string of the molecule is O=C1[C@H]2CC(Cl)=CC[C@H]2C(=O)N1CCCCN1C(=O)[C@H]2CC=C(Cl)C[C@H]2C1=O. The molecule has 0 spiro atoms. The highest BCUT2D eigenvalue weighted by molar-refractivity contribution is 6.30. The monoisotopic (exact) mass is 424 g/mol. The summed E-state index contributed by atoms with van der Waals surface area (Å²) in [5.41, 5.74) is 0. The standard InChI is InChI=1S/C20H22Cl2N2O4/c21-11-3-5-13-15(9-11)19(27)23(17(13)25)7-1-2-8-24-18(26)14-6-4-12(22)10-16(14)20(24)28/h3-4,13-16H,1-2,5-10H2/t13-,14+,15+,16-. The lowest BCUT2D eigenvalue weighted by molar-refractivity contribution is -0.142. The van der Waals surface area contributed by atoms with Gasteiger partial charge in [-0.15, -0.1) is 0 Å². The number of hydrogen-bond acceptors (Lipinski definition) is 4. The molecule has 0 aromatic rings. The van der Waals surface area contributed by atoms with Crippen molar-refractivity contribution in [1.82, 2.24) is 9.80 Å². The van der Waals surface area contributed by atoms with Crippen molar-refractivity contribution in [2.24, 2.45) is 23.7 Å². The van der Waals surface area contributed by atoms with Gasteiger partial charge in [-0.05, 0) is 38.5 Å². The number of rotatable bonds is 5. The maximum Gasteiger partial charge on any atom is 0.233 e. The fourth-order valence-electron chi connectivity index (χ4n) is 4.77. The lowest BCUT2D eigenvalue weighted by Crippen LogP contribution is -2.34. The second-order valence-electron chi connectivity index (χ2n) is 7.97. The average Bonchev–Trinajstić information content (AvgIpc) is 3.04. The lowest BCUT2D eigenvalue weighted by atomic mass is 9.85. The molecule has 0 aromatic carbocycles. The molecule has 2 heterocycles. The van der Waals surface area contributed by atoms with Crippen LogP contribution in [0.3, 0.4) is 0 Å². The van der Waals surface area contributed by atoms with Crippen LogP contribution in [0.1, 0.15) is 38.5 Å². The molecule has 2 aliphatic carbocycles. The van der Waals surface area contributed by atoms with Crippen molar-refractivity contribution in [2.45, 2.75) is 38.5 Å². The molecule has 0 N–H and O–H groups in total. The van der Waals surface area contributed by atoms with Gasteiger partial charge in [0.1, 0.15) is 0 Å². The van der Waals surface area contributed by atoms with Crippen molar-refractivity contribution in [3.63, 3.8) is 0 Å². The summed E-state index contributed by atoms with van der Waals surface area (Å²) in [5, 5.41) is 1.29. The van der Waals surface area contributed by atoms with Gasteiger partial charge in [0.15, 0.2) is 0 Å². The van der Waals surface area contributed by atoms with Gasteiger partial charge in [0.2, 0.25) is 23.6 Å². The molecule has 6 nitrogen and oxygen atoms in total. The summed E-state index contributed by atoms with van der Waals surface area (Å²) in [6, 6.07) is 0. The summed E-state index contributed by atoms with van der Waals surface area (Å²) in [4.78, 5) is 52.7.